The van der Waals surface area contributed by atoms with Gasteiger partial charge in [-0.05, 0) is 19.3 Å². The summed E-state index contributed by atoms with van der Waals surface area (Å²) in [6.45, 7) is 2.88. The van der Waals surface area contributed by atoms with Crippen LogP contribution < -0.4 is 10.6 Å². The summed E-state index contributed by atoms with van der Waals surface area (Å²) in [7, 11) is 0. The SMILES string of the molecule is Nc1nc2c(c(N3CC4(C3)OCCO4)n1)CCC2. The molecule has 18 heavy (non-hydrogen) atoms. The zero-order valence-corrected chi connectivity index (χ0v) is 10.2. The van der Waals surface area contributed by atoms with Gasteiger partial charge in [0.1, 0.15) is 5.82 Å². The molecule has 0 aromatic carbocycles. The maximum absolute atomic E-state index is 5.78. The predicted molar refractivity (Wildman–Crippen MR) is 65.3 cm³/mol. The Labute approximate surface area is 105 Å². The third-order valence-corrected chi connectivity index (χ3v) is 3.91. The summed E-state index contributed by atoms with van der Waals surface area (Å²) in [6, 6.07) is 0. The molecule has 0 radical (unpaired) electrons. The van der Waals surface area contributed by atoms with Crippen LogP contribution in [0.25, 0.3) is 0 Å². The number of hydrogen-bond acceptors (Lipinski definition) is 6. The van der Waals surface area contributed by atoms with Crippen molar-refractivity contribution in [3.8, 4) is 0 Å². The number of anilines is 2. The number of aryl methyl sites for hydroxylation is 1. The molecule has 2 saturated heterocycles. The number of fused-ring (bicyclic) bond motifs is 1. The van der Waals surface area contributed by atoms with Crippen molar-refractivity contribution in [3.63, 3.8) is 0 Å². The first-order chi connectivity index (χ1) is 8.76. The van der Waals surface area contributed by atoms with Gasteiger partial charge in [0.25, 0.3) is 0 Å². The lowest BCUT2D eigenvalue weighted by atomic mass is 10.1. The lowest BCUT2D eigenvalue weighted by Crippen LogP contribution is -2.63. The second kappa shape index (κ2) is 3.55. The minimum Gasteiger partial charge on any atom is -0.368 e. The van der Waals surface area contributed by atoms with Gasteiger partial charge in [-0.15, -0.1) is 0 Å². The quantitative estimate of drug-likeness (QED) is 0.760. The van der Waals surface area contributed by atoms with E-state index in [1.165, 1.54) is 5.56 Å². The first-order valence-electron chi connectivity index (χ1n) is 6.44. The molecular weight excluding hydrogens is 232 g/mol. The van der Waals surface area contributed by atoms with Gasteiger partial charge in [-0.1, -0.05) is 0 Å². The minimum atomic E-state index is -0.384. The van der Waals surface area contributed by atoms with Gasteiger partial charge < -0.3 is 20.1 Å². The molecule has 0 amide bonds. The lowest BCUT2D eigenvalue weighted by molar-refractivity contribution is -0.172. The van der Waals surface area contributed by atoms with E-state index < -0.39 is 0 Å². The first-order valence-corrected chi connectivity index (χ1v) is 6.44. The normalized spacial score (nSPS) is 24.3. The van der Waals surface area contributed by atoms with Gasteiger partial charge in [0.2, 0.25) is 11.7 Å². The van der Waals surface area contributed by atoms with Gasteiger partial charge in [0.15, 0.2) is 0 Å². The van der Waals surface area contributed by atoms with Crippen LogP contribution in [0.1, 0.15) is 17.7 Å². The summed E-state index contributed by atoms with van der Waals surface area (Å²) < 4.78 is 11.3. The van der Waals surface area contributed by atoms with E-state index in [9.17, 15) is 0 Å². The molecule has 0 bridgehead atoms. The van der Waals surface area contributed by atoms with Gasteiger partial charge >= 0.3 is 0 Å². The highest BCUT2D eigenvalue weighted by Gasteiger charge is 2.49. The number of rotatable bonds is 1. The van der Waals surface area contributed by atoms with E-state index in [4.69, 9.17) is 15.2 Å². The van der Waals surface area contributed by atoms with Crippen LogP contribution in [0.5, 0.6) is 0 Å². The third-order valence-electron chi connectivity index (χ3n) is 3.91. The van der Waals surface area contributed by atoms with E-state index >= 15 is 0 Å². The summed E-state index contributed by atoms with van der Waals surface area (Å²) in [5.74, 6) is 0.977. The van der Waals surface area contributed by atoms with Crippen LogP contribution in [-0.4, -0.2) is 42.1 Å². The third kappa shape index (κ3) is 1.42. The van der Waals surface area contributed by atoms with Crippen molar-refractivity contribution in [2.24, 2.45) is 0 Å². The first kappa shape index (κ1) is 10.5. The maximum atomic E-state index is 5.78. The molecule has 2 fully saturated rings. The Kier molecular flexibility index (Phi) is 2.07. The molecule has 1 aromatic heterocycles. The second-order valence-corrected chi connectivity index (χ2v) is 5.15. The van der Waals surface area contributed by atoms with E-state index in [0.29, 0.717) is 19.2 Å². The average Bonchev–Trinajstić information content (AvgIpc) is 2.93. The van der Waals surface area contributed by atoms with Crippen molar-refractivity contribution >= 4 is 11.8 Å². The lowest BCUT2D eigenvalue weighted by Gasteiger charge is -2.46. The minimum absolute atomic E-state index is 0.375. The standard InChI is InChI=1S/C12H16N4O2/c13-11-14-9-3-1-2-8(9)10(15-11)16-6-12(7-16)17-4-5-18-12/h1-7H2,(H2,13,14,15). The molecule has 0 atom stereocenters. The van der Waals surface area contributed by atoms with Crippen molar-refractivity contribution in [2.75, 3.05) is 36.9 Å². The molecule has 3 heterocycles. The molecule has 2 aliphatic heterocycles. The number of nitrogens with zero attached hydrogens (tertiary/aromatic N) is 3. The van der Waals surface area contributed by atoms with E-state index in [1.54, 1.807) is 0 Å². The van der Waals surface area contributed by atoms with Crippen LogP contribution >= 0.6 is 0 Å². The Morgan fingerprint density at radius 3 is 2.67 bits per heavy atom. The van der Waals surface area contributed by atoms with Gasteiger partial charge in [-0.2, -0.15) is 4.98 Å². The van der Waals surface area contributed by atoms with Crippen molar-refractivity contribution < 1.29 is 9.47 Å². The van der Waals surface area contributed by atoms with Crippen molar-refractivity contribution in [1.82, 2.24) is 9.97 Å². The van der Waals surface area contributed by atoms with Crippen molar-refractivity contribution in [1.29, 1.82) is 0 Å². The van der Waals surface area contributed by atoms with Crippen molar-refractivity contribution in [2.45, 2.75) is 25.0 Å². The summed E-state index contributed by atoms with van der Waals surface area (Å²) >= 11 is 0. The zero-order valence-electron chi connectivity index (χ0n) is 10.2. The summed E-state index contributed by atoms with van der Waals surface area (Å²) in [4.78, 5) is 10.9. The predicted octanol–water partition coefficient (Wildman–Crippen LogP) is 0.111. The van der Waals surface area contributed by atoms with Crippen LogP contribution in [0.3, 0.4) is 0 Å². The van der Waals surface area contributed by atoms with Crippen LogP contribution in [0.4, 0.5) is 11.8 Å². The maximum Gasteiger partial charge on any atom is 0.222 e. The molecule has 4 rings (SSSR count). The summed E-state index contributed by atoms with van der Waals surface area (Å²) in [5.41, 5.74) is 8.16. The van der Waals surface area contributed by atoms with Gasteiger partial charge in [0, 0.05) is 5.56 Å². The molecule has 3 aliphatic rings. The van der Waals surface area contributed by atoms with Crippen LogP contribution in [0, 0.1) is 0 Å². The molecular formula is C12H16N4O2. The monoisotopic (exact) mass is 248 g/mol. The molecule has 0 saturated carbocycles. The van der Waals surface area contributed by atoms with Crippen LogP contribution in [0.2, 0.25) is 0 Å². The zero-order chi connectivity index (χ0) is 12.2. The van der Waals surface area contributed by atoms with Gasteiger partial charge in [0.05, 0.1) is 32.0 Å². The van der Waals surface area contributed by atoms with E-state index in [1.807, 2.05) is 0 Å². The second-order valence-electron chi connectivity index (χ2n) is 5.15. The molecule has 96 valence electrons. The molecule has 1 aromatic rings. The van der Waals surface area contributed by atoms with Crippen LogP contribution in [0.15, 0.2) is 0 Å². The Hall–Kier alpha value is -1.40. The van der Waals surface area contributed by atoms with Crippen molar-refractivity contribution in [3.05, 3.63) is 11.3 Å². The molecule has 1 aliphatic carbocycles. The molecule has 2 N–H and O–H groups in total. The molecule has 6 heteroatoms. The molecule has 6 nitrogen and oxygen atoms in total. The van der Waals surface area contributed by atoms with E-state index in [-0.39, 0.29) is 5.79 Å². The fourth-order valence-corrected chi connectivity index (χ4v) is 3.06. The van der Waals surface area contributed by atoms with Gasteiger partial charge in [-0.3, -0.25) is 0 Å². The van der Waals surface area contributed by atoms with Crippen LogP contribution in [-0.2, 0) is 22.3 Å². The summed E-state index contributed by atoms with van der Waals surface area (Å²) in [5, 5.41) is 0. The highest BCUT2D eigenvalue weighted by atomic mass is 16.7. The number of hydrogen-bond donors (Lipinski definition) is 1. The highest BCUT2D eigenvalue weighted by Crippen LogP contribution is 2.37. The fourth-order valence-electron chi connectivity index (χ4n) is 3.06. The summed E-state index contributed by atoms with van der Waals surface area (Å²) in [6.07, 6.45) is 3.21. The Balaban J connectivity index is 1.63. The Bertz CT molecular complexity index is 491. The van der Waals surface area contributed by atoms with E-state index in [2.05, 4.69) is 14.9 Å². The topological polar surface area (TPSA) is 73.5 Å². The van der Waals surface area contributed by atoms with E-state index in [0.717, 1.165) is 43.9 Å². The Morgan fingerprint density at radius 1 is 1.11 bits per heavy atom. The Morgan fingerprint density at radius 2 is 1.89 bits per heavy atom. The average molecular weight is 248 g/mol. The highest BCUT2D eigenvalue weighted by molar-refractivity contribution is 5.56. The smallest absolute Gasteiger partial charge is 0.222 e. The molecule has 1 spiro atoms. The van der Waals surface area contributed by atoms with Gasteiger partial charge in [-0.25, -0.2) is 4.98 Å². The number of aromatic nitrogens is 2. The largest absolute Gasteiger partial charge is 0.368 e. The number of nitrogen functional groups attached to an aromatic ring is 1. The fraction of sp³-hybridized carbons (Fsp3) is 0.667. The molecule has 0 unspecified atom stereocenters. The number of ether oxygens (including phenoxy) is 2. The number of nitrogens with two attached hydrogens (primary N) is 1.